The fourth-order valence-corrected chi connectivity index (χ4v) is 3.12. The Bertz CT molecular complexity index is 1150. The van der Waals surface area contributed by atoms with Crippen LogP contribution >= 0.6 is 0 Å². The van der Waals surface area contributed by atoms with E-state index in [0.717, 1.165) is 0 Å². The van der Waals surface area contributed by atoms with Gasteiger partial charge >= 0.3 is 0 Å². The van der Waals surface area contributed by atoms with Crippen LogP contribution < -0.4 is 15.4 Å². The van der Waals surface area contributed by atoms with Crippen molar-refractivity contribution in [1.82, 2.24) is 4.90 Å². The number of nitrogens with zero attached hydrogens (tertiary/aromatic N) is 1. The first kappa shape index (κ1) is 23.5. The number of carbonyl (C=O) groups excluding carboxylic acids is 3. The SMILES string of the molecule is CCN(CC(=O)Nc1cccc(OC)c1)C(=O)c1cccc(NC(=O)c2ccc(F)cc2)c1. The minimum Gasteiger partial charge on any atom is -0.497 e. The molecule has 33 heavy (non-hydrogen) atoms. The Hall–Kier alpha value is -4.20. The largest absolute Gasteiger partial charge is 0.497 e. The zero-order valence-corrected chi connectivity index (χ0v) is 18.3. The van der Waals surface area contributed by atoms with Crippen LogP contribution in [0, 0.1) is 5.82 Å². The molecule has 0 saturated carbocycles. The van der Waals surface area contributed by atoms with Gasteiger partial charge in [-0.05, 0) is 61.5 Å². The summed E-state index contributed by atoms with van der Waals surface area (Å²) >= 11 is 0. The molecule has 0 saturated heterocycles. The van der Waals surface area contributed by atoms with Crippen molar-refractivity contribution in [3.63, 3.8) is 0 Å². The third kappa shape index (κ3) is 6.39. The monoisotopic (exact) mass is 449 g/mol. The smallest absolute Gasteiger partial charge is 0.255 e. The predicted molar refractivity (Wildman–Crippen MR) is 124 cm³/mol. The minimum atomic E-state index is -0.436. The molecule has 0 heterocycles. The van der Waals surface area contributed by atoms with Crippen molar-refractivity contribution in [3.05, 3.63) is 89.7 Å². The molecule has 0 atom stereocenters. The van der Waals surface area contributed by atoms with Crippen LogP contribution in [0.2, 0.25) is 0 Å². The fourth-order valence-electron chi connectivity index (χ4n) is 3.12. The number of methoxy groups -OCH3 is 1. The van der Waals surface area contributed by atoms with Crippen molar-refractivity contribution in [2.24, 2.45) is 0 Å². The number of rotatable bonds is 8. The van der Waals surface area contributed by atoms with Crippen molar-refractivity contribution >= 4 is 29.1 Å². The highest BCUT2D eigenvalue weighted by Crippen LogP contribution is 2.17. The number of amides is 3. The number of halogens is 1. The summed E-state index contributed by atoms with van der Waals surface area (Å²) in [5, 5.41) is 5.44. The third-order valence-electron chi connectivity index (χ3n) is 4.83. The van der Waals surface area contributed by atoms with Crippen molar-refractivity contribution < 1.29 is 23.5 Å². The van der Waals surface area contributed by atoms with E-state index in [-0.39, 0.29) is 23.9 Å². The van der Waals surface area contributed by atoms with Crippen LogP contribution in [0.4, 0.5) is 15.8 Å². The summed E-state index contributed by atoms with van der Waals surface area (Å²) in [5.74, 6) is -0.954. The van der Waals surface area contributed by atoms with Gasteiger partial charge in [-0.25, -0.2) is 4.39 Å². The van der Waals surface area contributed by atoms with Gasteiger partial charge in [0, 0.05) is 35.1 Å². The number of nitrogens with one attached hydrogen (secondary N) is 2. The Kier molecular flexibility index (Phi) is 7.75. The molecule has 3 aromatic carbocycles. The van der Waals surface area contributed by atoms with E-state index >= 15 is 0 Å². The first-order chi connectivity index (χ1) is 15.9. The molecule has 8 heteroatoms. The Labute approximate surface area is 191 Å². The second-order valence-corrected chi connectivity index (χ2v) is 7.14. The molecule has 2 N–H and O–H groups in total. The maximum Gasteiger partial charge on any atom is 0.255 e. The number of benzene rings is 3. The van der Waals surface area contributed by atoms with Gasteiger partial charge in [-0.3, -0.25) is 14.4 Å². The van der Waals surface area contributed by atoms with Gasteiger partial charge in [0.1, 0.15) is 18.1 Å². The van der Waals surface area contributed by atoms with Crippen LogP contribution in [0.5, 0.6) is 5.75 Å². The van der Waals surface area contributed by atoms with Crippen LogP contribution in [0.1, 0.15) is 27.6 Å². The maximum absolute atomic E-state index is 13.1. The lowest BCUT2D eigenvalue weighted by molar-refractivity contribution is -0.116. The van der Waals surface area contributed by atoms with E-state index in [2.05, 4.69) is 10.6 Å². The number of anilines is 2. The molecule has 0 aliphatic carbocycles. The summed E-state index contributed by atoms with van der Waals surface area (Å²) < 4.78 is 18.2. The summed E-state index contributed by atoms with van der Waals surface area (Å²) in [6.45, 7) is 1.95. The molecule has 0 unspecified atom stereocenters. The van der Waals surface area contributed by atoms with Crippen LogP contribution in [-0.4, -0.2) is 42.8 Å². The average Bonchev–Trinajstić information content (AvgIpc) is 2.82. The number of hydrogen-bond acceptors (Lipinski definition) is 4. The Morgan fingerprint density at radius 2 is 1.55 bits per heavy atom. The number of carbonyl (C=O) groups is 3. The molecule has 170 valence electrons. The lowest BCUT2D eigenvalue weighted by Gasteiger charge is -2.21. The highest BCUT2D eigenvalue weighted by molar-refractivity contribution is 6.05. The first-order valence-corrected chi connectivity index (χ1v) is 10.3. The van der Waals surface area contributed by atoms with Gasteiger partial charge < -0.3 is 20.3 Å². The molecule has 0 fully saturated rings. The van der Waals surface area contributed by atoms with Crippen molar-refractivity contribution in [3.8, 4) is 5.75 Å². The standard InChI is InChI=1S/C25H24FN3O4/c1-3-29(16-23(30)27-21-8-5-9-22(15-21)33-2)25(32)18-6-4-7-20(14-18)28-24(31)17-10-12-19(26)13-11-17/h4-15H,3,16H2,1-2H3,(H,27,30)(H,28,31). The normalized spacial score (nSPS) is 10.3. The Morgan fingerprint density at radius 1 is 0.879 bits per heavy atom. The number of hydrogen-bond donors (Lipinski definition) is 2. The molecule has 0 aliphatic rings. The van der Waals surface area contributed by atoms with Gasteiger partial charge in [-0.2, -0.15) is 0 Å². The number of ether oxygens (including phenoxy) is 1. The van der Waals surface area contributed by atoms with Crippen LogP contribution in [0.25, 0.3) is 0 Å². The summed E-state index contributed by atoms with van der Waals surface area (Å²) in [5.41, 5.74) is 1.58. The zero-order chi connectivity index (χ0) is 23.8. The summed E-state index contributed by atoms with van der Waals surface area (Å²) in [4.78, 5) is 39.2. The molecule has 3 rings (SSSR count). The summed E-state index contributed by atoms with van der Waals surface area (Å²) in [7, 11) is 1.54. The van der Waals surface area contributed by atoms with Gasteiger partial charge in [0.05, 0.1) is 7.11 Å². The molecule has 0 radical (unpaired) electrons. The van der Waals surface area contributed by atoms with E-state index in [1.807, 2.05) is 0 Å². The molecule has 7 nitrogen and oxygen atoms in total. The van der Waals surface area contributed by atoms with Crippen LogP contribution in [0.15, 0.2) is 72.8 Å². The van der Waals surface area contributed by atoms with E-state index in [1.165, 1.54) is 42.3 Å². The molecule has 0 spiro atoms. The van der Waals surface area contributed by atoms with Gasteiger partial charge in [-0.15, -0.1) is 0 Å². The summed E-state index contributed by atoms with van der Waals surface area (Å²) in [6, 6.07) is 18.5. The molecule has 3 amide bonds. The minimum absolute atomic E-state index is 0.140. The van der Waals surface area contributed by atoms with E-state index in [9.17, 15) is 18.8 Å². The number of likely N-dealkylation sites (N-methyl/N-ethyl adjacent to an activating group) is 1. The van der Waals surface area contributed by atoms with E-state index in [4.69, 9.17) is 4.74 Å². The molecular formula is C25H24FN3O4. The Balaban J connectivity index is 1.66. The Morgan fingerprint density at radius 3 is 2.21 bits per heavy atom. The molecule has 0 aliphatic heterocycles. The van der Waals surface area contributed by atoms with E-state index in [0.29, 0.717) is 29.2 Å². The van der Waals surface area contributed by atoms with Gasteiger partial charge in [0.25, 0.3) is 11.8 Å². The topological polar surface area (TPSA) is 87.7 Å². The van der Waals surface area contributed by atoms with Crippen molar-refractivity contribution in [1.29, 1.82) is 0 Å². The fraction of sp³-hybridized carbons (Fsp3) is 0.160. The van der Waals surface area contributed by atoms with Crippen LogP contribution in [-0.2, 0) is 4.79 Å². The highest BCUT2D eigenvalue weighted by atomic mass is 19.1. The van der Waals surface area contributed by atoms with Gasteiger partial charge in [0.2, 0.25) is 5.91 Å². The van der Waals surface area contributed by atoms with Crippen LogP contribution in [0.3, 0.4) is 0 Å². The first-order valence-electron chi connectivity index (χ1n) is 10.3. The molecular weight excluding hydrogens is 425 g/mol. The molecule has 0 bridgehead atoms. The van der Waals surface area contributed by atoms with E-state index < -0.39 is 11.7 Å². The second kappa shape index (κ2) is 10.9. The second-order valence-electron chi connectivity index (χ2n) is 7.14. The zero-order valence-electron chi connectivity index (χ0n) is 18.3. The lowest BCUT2D eigenvalue weighted by atomic mass is 10.1. The van der Waals surface area contributed by atoms with Gasteiger partial charge in [0.15, 0.2) is 0 Å². The quantitative estimate of drug-likeness (QED) is 0.540. The third-order valence-corrected chi connectivity index (χ3v) is 4.83. The van der Waals surface area contributed by atoms with Crippen molar-refractivity contribution in [2.75, 3.05) is 30.8 Å². The van der Waals surface area contributed by atoms with E-state index in [1.54, 1.807) is 49.4 Å². The summed E-state index contributed by atoms with van der Waals surface area (Å²) in [6.07, 6.45) is 0. The lowest BCUT2D eigenvalue weighted by Crippen LogP contribution is -2.37. The average molecular weight is 449 g/mol. The predicted octanol–water partition coefficient (Wildman–Crippen LogP) is 4.19. The highest BCUT2D eigenvalue weighted by Gasteiger charge is 2.18. The molecule has 0 aromatic heterocycles. The molecule has 3 aromatic rings. The maximum atomic E-state index is 13.1. The van der Waals surface area contributed by atoms with Gasteiger partial charge in [-0.1, -0.05) is 12.1 Å². The van der Waals surface area contributed by atoms with Crippen molar-refractivity contribution in [2.45, 2.75) is 6.92 Å².